The maximum Gasteiger partial charge on any atom is 0.326 e. The highest BCUT2D eigenvalue weighted by atomic mass is 32.2. The minimum Gasteiger partial charge on any atom is -0.480 e. The van der Waals surface area contributed by atoms with Gasteiger partial charge in [-0.3, -0.25) is 4.79 Å². The molecule has 0 aliphatic carbocycles. The van der Waals surface area contributed by atoms with Crippen molar-refractivity contribution >= 4 is 21.7 Å². The smallest absolute Gasteiger partial charge is 0.326 e. The number of benzene rings is 1. The highest BCUT2D eigenvalue weighted by molar-refractivity contribution is 7.92. The van der Waals surface area contributed by atoms with Crippen molar-refractivity contribution in [2.24, 2.45) is 0 Å². The molecule has 20 heavy (non-hydrogen) atoms. The molecule has 0 aliphatic heterocycles. The van der Waals surface area contributed by atoms with Gasteiger partial charge in [0.2, 0.25) is 5.91 Å². The summed E-state index contributed by atoms with van der Waals surface area (Å²) in [7, 11) is -3.47. The molecule has 0 spiro atoms. The molecule has 1 amide bonds. The lowest BCUT2D eigenvalue weighted by Crippen LogP contribution is -2.44. The van der Waals surface area contributed by atoms with Crippen LogP contribution in [0.2, 0.25) is 0 Å². The zero-order valence-electron chi connectivity index (χ0n) is 11.1. The lowest BCUT2D eigenvalue weighted by atomic mass is 10.1. The Morgan fingerprint density at radius 3 is 2.35 bits per heavy atom. The number of hydrogen-bond donors (Lipinski definition) is 2. The Hall–Kier alpha value is -1.89. The SMILES string of the molecule is CCS(=O)(=O)CC(=O)N[C@@H](Cc1ccccc1)C(=O)O. The van der Waals surface area contributed by atoms with Gasteiger partial charge in [0.25, 0.3) is 0 Å². The Kier molecular flexibility index (Phi) is 5.69. The fourth-order valence-corrected chi connectivity index (χ4v) is 2.27. The minimum absolute atomic E-state index is 0.105. The van der Waals surface area contributed by atoms with E-state index in [1.165, 1.54) is 6.92 Å². The lowest BCUT2D eigenvalue weighted by Gasteiger charge is -2.14. The summed E-state index contributed by atoms with van der Waals surface area (Å²) in [4.78, 5) is 22.7. The van der Waals surface area contributed by atoms with Crippen LogP contribution in [0.15, 0.2) is 30.3 Å². The molecule has 0 bridgehead atoms. The van der Waals surface area contributed by atoms with Crippen LogP contribution < -0.4 is 5.32 Å². The van der Waals surface area contributed by atoms with Crippen LogP contribution in [0.3, 0.4) is 0 Å². The summed E-state index contributed by atoms with van der Waals surface area (Å²) in [6.45, 7) is 1.43. The summed E-state index contributed by atoms with van der Waals surface area (Å²) < 4.78 is 22.6. The molecule has 0 aromatic heterocycles. The molecule has 0 aliphatic rings. The molecule has 1 aromatic carbocycles. The number of rotatable bonds is 7. The molecule has 0 unspecified atom stereocenters. The topological polar surface area (TPSA) is 101 Å². The van der Waals surface area contributed by atoms with Crippen molar-refractivity contribution in [3.05, 3.63) is 35.9 Å². The number of nitrogens with one attached hydrogen (secondary N) is 1. The van der Waals surface area contributed by atoms with Gasteiger partial charge in [-0.2, -0.15) is 0 Å². The Bertz CT molecular complexity index is 568. The maximum atomic E-state index is 11.6. The van der Waals surface area contributed by atoms with Crippen LogP contribution in [0.4, 0.5) is 0 Å². The summed E-state index contributed by atoms with van der Waals surface area (Å²) in [5.74, 6) is -2.84. The van der Waals surface area contributed by atoms with Crippen molar-refractivity contribution in [3.63, 3.8) is 0 Å². The van der Waals surface area contributed by atoms with E-state index in [1.807, 2.05) is 0 Å². The highest BCUT2D eigenvalue weighted by Crippen LogP contribution is 2.04. The van der Waals surface area contributed by atoms with Crippen LogP contribution in [0.5, 0.6) is 0 Å². The number of sulfone groups is 1. The first-order valence-electron chi connectivity index (χ1n) is 6.10. The Balaban J connectivity index is 2.69. The van der Waals surface area contributed by atoms with Crippen molar-refractivity contribution in [1.82, 2.24) is 5.32 Å². The van der Waals surface area contributed by atoms with Crippen molar-refractivity contribution in [1.29, 1.82) is 0 Å². The number of carbonyl (C=O) groups excluding carboxylic acids is 1. The van der Waals surface area contributed by atoms with E-state index in [9.17, 15) is 18.0 Å². The molecule has 2 N–H and O–H groups in total. The molecule has 0 heterocycles. The van der Waals surface area contributed by atoms with Gasteiger partial charge >= 0.3 is 5.97 Å². The van der Waals surface area contributed by atoms with Crippen LogP contribution in [-0.2, 0) is 25.8 Å². The molecule has 0 saturated heterocycles. The van der Waals surface area contributed by atoms with E-state index in [1.54, 1.807) is 30.3 Å². The highest BCUT2D eigenvalue weighted by Gasteiger charge is 2.23. The standard InChI is InChI=1S/C13H17NO5S/c1-2-20(18,19)9-12(15)14-11(13(16)17)8-10-6-4-3-5-7-10/h3-7,11H,2,8-9H2,1H3,(H,14,15)(H,16,17)/t11-/m0/s1. The fourth-order valence-electron chi connectivity index (χ4n) is 1.59. The van der Waals surface area contributed by atoms with Crippen molar-refractivity contribution in [2.75, 3.05) is 11.5 Å². The van der Waals surface area contributed by atoms with Gasteiger partial charge in [-0.1, -0.05) is 37.3 Å². The third kappa shape index (κ3) is 5.40. The summed E-state index contributed by atoms with van der Waals surface area (Å²) in [5, 5.41) is 11.3. The third-order valence-corrected chi connectivity index (χ3v) is 4.29. The number of carboxylic acids is 1. The van der Waals surface area contributed by atoms with Gasteiger partial charge in [0.1, 0.15) is 11.8 Å². The predicted octanol–water partition coefficient (Wildman–Crippen LogP) is 0.233. The first-order chi connectivity index (χ1) is 9.34. The zero-order chi connectivity index (χ0) is 15.2. The fraction of sp³-hybridized carbons (Fsp3) is 0.385. The molecule has 1 atom stereocenters. The molecule has 7 heteroatoms. The molecule has 0 fully saturated rings. The van der Waals surface area contributed by atoms with E-state index >= 15 is 0 Å². The van der Waals surface area contributed by atoms with Crippen LogP contribution in [0, 0.1) is 0 Å². The summed E-state index contributed by atoms with van der Waals surface area (Å²) in [5.41, 5.74) is 0.749. The van der Waals surface area contributed by atoms with Crippen LogP contribution in [0.25, 0.3) is 0 Å². The van der Waals surface area contributed by atoms with E-state index < -0.39 is 33.5 Å². The Morgan fingerprint density at radius 2 is 1.85 bits per heavy atom. The molecule has 1 rings (SSSR count). The summed E-state index contributed by atoms with van der Waals surface area (Å²) in [6.07, 6.45) is 0.105. The van der Waals surface area contributed by atoms with Crippen LogP contribution in [0.1, 0.15) is 12.5 Å². The second-order valence-corrected chi connectivity index (χ2v) is 6.68. The molecule has 1 aromatic rings. The number of hydrogen-bond acceptors (Lipinski definition) is 4. The van der Waals surface area contributed by atoms with Gasteiger partial charge in [0, 0.05) is 12.2 Å². The zero-order valence-corrected chi connectivity index (χ0v) is 11.9. The average Bonchev–Trinajstić information content (AvgIpc) is 2.38. The summed E-state index contributed by atoms with van der Waals surface area (Å²) in [6, 6.07) is 7.66. The minimum atomic E-state index is -3.47. The normalized spacial score (nSPS) is 12.7. The number of carboxylic acid groups (broad SMARTS) is 1. The molecule has 0 radical (unpaired) electrons. The molecular formula is C13H17NO5S. The summed E-state index contributed by atoms with van der Waals surface area (Å²) >= 11 is 0. The first kappa shape index (κ1) is 16.2. The van der Waals surface area contributed by atoms with Crippen LogP contribution in [-0.4, -0.2) is 42.9 Å². The largest absolute Gasteiger partial charge is 0.480 e. The molecule has 110 valence electrons. The number of carbonyl (C=O) groups is 2. The molecule has 0 saturated carbocycles. The number of aliphatic carboxylic acids is 1. The van der Waals surface area contributed by atoms with Gasteiger partial charge in [-0.25, -0.2) is 13.2 Å². The quantitative estimate of drug-likeness (QED) is 0.751. The Labute approximate surface area is 117 Å². The van der Waals surface area contributed by atoms with Gasteiger partial charge < -0.3 is 10.4 Å². The van der Waals surface area contributed by atoms with E-state index in [4.69, 9.17) is 5.11 Å². The van der Waals surface area contributed by atoms with Gasteiger partial charge in [0.05, 0.1) is 0 Å². The maximum absolute atomic E-state index is 11.6. The van der Waals surface area contributed by atoms with Gasteiger partial charge in [-0.05, 0) is 5.56 Å². The van der Waals surface area contributed by atoms with E-state index in [2.05, 4.69) is 5.32 Å². The molecular weight excluding hydrogens is 282 g/mol. The van der Waals surface area contributed by atoms with Crippen molar-refractivity contribution < 1.29 is 23.1 Å². The van der Waals surface area contributed by atoms with Crippen molar-refractivity contribution in [2.45, 2.75) is 19.4 Å². The average molecular weight is 299 g/mol. The van der Waals surface area contributed by atoms with Crippen LogP contribution >= 0.6 is 0 Å². The first-order valence-corrected chi connectivity index (χ1v) is 7.92. The molecule has 6 nitrogen and oxygen atoms in total. The van der Waals surface area contributed by atoms with E-state index in [-0.39, 0.29) is 12.2 Å². The van der Waals surface area contributed by atoms with Crippen molar-refractivity contribution in [3.8, 4) is 0 Å². The Morgan fingerprint density at radius 1 is 1.25 bits per heavy atom. The number of amides is 1. The van der Waals surface area contributed by atoms with E-state index in [0.29, 0.717) is 0 Å². The lowest BCUT2D eigenvalue weighted by molar-refractivity contribution is -0.141. The second-order valence-electron chi connectivity index (χ2n) is 4.32. The second kappa shape index (κ2) is 7.04. The predicted molar refractivity (Wildman–Crippen MR) is 74.0 cm³/mol. The van der Waals surface area contributed by atoms with E-state index in [0.717, 1.165) is 5.56 Å². The monoisotopic (exact) mass is 299 g/mol. The third-order valence-electron chi connectivity index (χ3n) is 2.71. The van der Waals surface area contributed by atoms with Gasteiger partial charge in [-0.15, -0.1) is 0 Å². The van der Waals surface area contributed by atoms with Gasteiger partial charge in [0.15, 0.2) is 9.84 Å².